The van der Waals surface area contributed by atoms with Crippen molar-refractivity contribution in [1.29, 1.82) is 0 Å². The number of thiazole rings is 1. The van der Waals surface area contributed by atoms with Crippen LogP contribution in [0.3, 0.4) is 0 Å². The van der Waals surface area contributed by atoms with Gasteiger partial charge in [-0.3, -0.25) is 4.79 Å². The maximum Gasteiger partial charge on any atom is 0.223 e. The van der Waals surface area contributed by atoms with Crippen molar-refractivity contribution in [2.45, 2.75) is 20.4 Å². The first kappa shape index (κ1) is 9.15. The minimum absolute atomic E-state index is 0.104. The van der Waals surface area contributed by atoms with Gasteiger partial charge in [0.15, 0.2) is 5.13 Å². The van der Waals surface area contributed by atoms with Crippen LogP contribution in [-0.4, -0.2) is 10.9 Å². The van der Waals surface area contributed by atoms with E-state index in [-0.39, 0.29) is 5.91 Å². The lowest BCUT2D eigenvalue weighted by Gasteiger charge is -1.91. The fourth-order valence-electron chi connectivity index (χ4n) is 0.821. The van der Waals surface area contributed by atoms with Crippen molar-refractivity contribution in [3.8, 4) is 0 Å². The second-order valence-corrected chi connectivity index (χ2v) is 3.50. The molecule has 0 aliphatic carbocycles. The van der Waals surface area contributed by atoms with Gasteiger partial charge in [0.2, 0.25) is 5.91 Å². The lowest BCUT2D eigenvalue weighted by atomic mass is 10.4. The monoisotopic (exact) mass is 185 g/mol. The molecular formula is C7H11N3OS. The molecular weight excluding hydrogens is 174 g/mol. The van der Waals surface area contributed by atoms with Gasteiger partial charge in [0.1, 0.15) is 0 Å². The highest BCUT2D eigenvalue weighted by Gasteiger charge is 2.05. The summed E-state index contributed by atoms with van der Waals surface area (Å²) in [5.41, 5.74) is 6.35. The zero-order valence-corrected chi connectivity index (χ0v) is 7.86. The first-order chi connectivity index (χ1) is 5.63. The van der Waals surface area contributed by atoms with Gasteiger partial charge in [-0.15, -0.1) is 11.3 Å². The Balaban J connectivity index is 2.82. The predicted molar refractivity (Wildman–Crippen MR) is 49.0 cm³/mol. The minimum Gasteiger partial charge on any atom is -0.326 e. The van der Waals surface area contributed by atoms with Crippen molar-refractivity contribution < 1.29 is 4.79 Å². The molecule has 3 N–H and O–H groups in total. The number of hydrogen-bond acceptors (Lipinski definition) is 4. The van der Waals surface area contributed by atoms with E-state index in [0.29, 0.717) is 11.7 Å². The summed E-state index contributed by atoms with van der Waals surface area (Å²) in [6.45, 7) is 3.81. The molecule has 0 atom stereocenters. The standard InChI is InChI=1S/C7H11N3OS/c1-4-6(3-8)12-7(9-4)10-5(2)11/h3,8H2,1-2H3,(H,9,10,11). The molecule has 1 rings (SSSR count). The largest absolute Gasteiger partial charge is 0.326 e. The number of nitrogens with zero attached hydrogens (tertiary/aromatic N) is 1. The molecule has 1 aromatic heterocycles. The van der Waals surface area contributed by atoms with Gasteiger partial charge in [-0.2, -0.15) is 0 Å². The molecule has 0 saturated heterocycles. The molecule has 0 radical (unpaired) electrons. The van der Waals surface area contributed by atoms with Crippen LogP contribution in [0.2, 0.25) is 0 Å². The third-order valence-electron chi connectivity index (χ3n) is 1.36. The van der Waals surface area contributed by atoms with Crippen LogP contribution < -0.4 is 11.1 Å². The number of nitrogens with two attached hydrogens (primary N) is 1. The van der Waals surface area contributed by atoms with Gasteiger partial charge in [0.25, 0.3) is 0 Å². The van der Waals surface area contributed by atoms with E-state index in [2.05, 4.69) is 10.3 Å². The minimum atomic E-state index is -0.104. The summed E-state index contributed by atoms with van der Waals surface area (Å²) in [4.78, 5) is 15.8. The van der Waals surface area contributed by atoms with Crippen LogP contribution in [0.5, 0.6) is 0 Å². The van der Waals surface area contributed by atoms with Crippen molar-refractivity contribution in [1.82, 2.24) is 4.98 Å². The summed E-state index contributed by atoms with van der Waals surface area (Å²) in [5, 5.41) is 3.24. The summed E-state index contributed by atoms with van der Waals surface area (Å²) >= 11 is 1.42. The number of nitrogens with one attached hydrogen (secondary N) is 1. The Morgan fingerprint density at radius 1 is 1.75 bits per heavy atom. The lowest BCUT2D eigenvalue weighted by Crippen LogP contribution is -2.04. The SMILES string of the molecule is CC(=O)Nc1nc(C)c(CN)s1. The van der Waals surface area contributed by atoms with Crippen LogP contribution >= 0.6 is 11.3 Å². The van der Waals surface area contributed by atoms with Crippen LogP contribution in [0, 0.1) is 6.92 Å². The maximum atomic E-state index is 10.6. The number of carbonyl (C=O) groups excluding carboxylic acids is 1. The Labute approximate surface area is 74.8 Å². The van der Waals surface area contributed by atoms with Gasteiger partial charge < -0.3 is 11.1 Å². The number of hydrogen-bond donors (Lipinski definition) is 2. The third-order valence-corrected chi connectivity index (χ3v) is 2.46. The lowest BCUT2D eigenvalue weighted by molar-refractivity contribution is -0.114. The number of rotatable bonds is 2. The number of anilines is 1. The van der Waals surface area contributed by atoms with E-state index < -0.39 is 0 Å². The van der Waals surface area contributed by atoms with Crippen molar-refractivity contribution in [2.75, 3.05) is 5.32 Å². The molecule has 5 heteroatoms. The molecule has 0 aromatic carbocycles. The van der Waals surface area contributed by atoms with E-state index in [1.165, 1.54) is 18.3 Å². The molecule has 0 unspecified atom stereocenters. The van der Waals surface area contributed by atoms with Gasteiger partial charge in [0.05, 0.1) is 5.69 Å². The zero-order valence-electron chi connectivity index (χ0n) is 7.05. The van der Waals surface area contributed by atoms with Crippen LogP contribution in [0.25, 0.3) is 0 Å². The number of aromatic nitrogens is 1. The average molecular weight is 185 g/mol. The molecule has 0 aliphatic heterocycles. The average Bonchev–Trinajstić information content (AvgIpc) is 2.29. The van der Waals surface area contributed by atoms with Crippen LogP contribution in [-0.2, 0) is 11.3 Å². The molecule has 1 aromatic rings. The fraction of sp³-hybridized carbons (Fsp3) is 0.429. The van der Waals surface area contributed by atoms with Crippen molar-refractivity contribution in [2.24, 2.45) is 5.73 Å². The summed E-state index contributed by atoms with van der Waals surface area (Å²) < 4.78 is 0. The van der Waals surface area contributed by atoms with Crippen molar-refractivity contribution >= 4 is 22.4 Å². The summed E-state index contributed by atoms with van der Waals surface area (Å²) in [6, 6.07) is 0. The number of aryl methyl sites for hydroxylation is 1. The Morgan fingerprint density at radius 2 is 2.42 bits per heavy atom. The maximum absolute atomic E-state index is 10.6. The number of amides is 1. The quantitative estimate of drug-likeness (QED) is 0.718. The predicted octanol–water partition coefficient (Wildman–Crippen LogP) is 0.869. The van der Waals surface area contributed by atoms with E-state index in [1.807, 2.05) is 6.92 Å². The van der Waals surface area contributed by atoms with Gasteiger partial charge in [0, 0.05) is 18.3 Å². The topological polar surface area (TPSA) is 68.0 Å². The molecule has 0 saturated carbocycles. The van der Waals surface area contributed by atoms with Crippen molar-refractivity contribution in [3.05, 3.63) is 10.6 Å². The van der Waals surface area contributed by atoms with E-state index in [9.17, 15) is 4.79 Å². The van der Waals surface area contributed by atoms with Crippen molar-refractivity contribution in [3.63, 3.8) is 0 Å². The Kier molecular flexibility index (Phi) is 2.78. The highest BCUT2D eigenvalue weighted by molar-refractivity contribution is 7.15. The van der Waals surface area contributed by atoms with E-state index in [0.717, 1.165) is 10.6 Å². The zero-order chi connectivity index (χ0) is 9.14. The Bertz CT molecular complexity index is 295. The van der Waals surface area contributed by atoms with Crippen LogP contribution in [0.1, 0.15) is 17.5 Å². The van der Waals surface area contributed by atoms with E-state index in [1.54, 1.807) is 0 Å². The van der Waals surface area contributed by atoms with E-state index in [4.69, 9.17) is 5.73 Å². The Hall–Kier alpha value is -0.940. The molecule has 4 nitrogen and oxygen atoms in total. The molecule has 1 heterocycles. The molecule has 1 amide bonds. The first-order valence-corrected chi connectivity index (χ1v) is 4.39. The second kappa shape index (κ2) is 3.64. The Morgan fingerprint density at radius 3 is 2.83 bits per heavy atom. The van der Waals surface area contributed by atoms with E-state index >= 15 is 0 Å². The summed E-state index contributed by atoms with van der Waals surface area (Å²) in [6.07, 6.45) is 0. The highest BCUT2D eigenvalue weighted by Crippen LogP contribution is 2.21. The van der Waals surface area contributed by atoms with Gasteiger partial charge >= 0.3 is 0 Å². The molecule has 0 spiro atoms. The molecule has 66 valence electrons. The van der Waals surface area contributed by atoms with Crippen LogP contribution in [0.15, 0.2) is 0 Å². The molecule has 0 fully saturated rings. The molecule has 0 bridgehead atoms. The summed E-state index contributed by atoms with van der Waals surface area (Å²) in [7, 11) is 0. The summed E-state index contributed by atoms with van der Waals surface area (Å²) in [5.74, 6) is -0.104. The normalized spacial score (nSPS) is 9.92. The smallest absolute Gasteiger partial charge is 0.223 e. The number of carbonyl (C=O) groups is 1. The molecule has 0 aliphatic rings. The highest BCUT2D eigenvalue weighted by atomic mass is 32.1. The van der Waals surface area contributed by atoms with Gasteiger partial charge in [-0.1, -0.05) is 0 Å². The fourth-order valence-corrected chi connectivity index (χ4v) is 1.71. The van der Waals surface area contributed by atoms with Gasteiger partial charge in [-0.05, 0) is 6.92 Å². The first-order valence-electron chi connectivity index (χ1n) is 3.57. The third kappa shape index (κ3) is 2.02. The van der Waals surface area contributed by atoms with Crippen LogP contribution in [0.4, 0.5) is 5.13 Å². The second-order valence-electron chi connectivity index (χ2n) is 2.41. The molecule has 12 heavy (non-hydrogen) atoms. The van der Waals surface area contributed by atoms with Gasteiger partial charge in [-0.25, -0.2) is 4.98 Å².